The maximum Gasteiger partial charge on any atom is 0.339 e. The van der Waals surface area contributed by atoms with E-state index in [2.05, 4.69) is 33.6 Å². The number of methoxy groups -OCH3 is 1. The van der Waals surface area contributed by atoms with Gasteiger partial charge in [0.15, 0.2) is 15.6 Å². The molecule has 1 atom stereocenters. The molecule has 2 heterocycles. The van der Waals surface area contributed by atoms with E-state index in [4.69, 9.17) is 4.74 Å². The maximum atomic E-state index is 12.4. The van der Waals surface area contributed by atoms with Crippen molar-refractivity contribution in [1.29, 1.82) is 0 Å². The van der Waals surface area contributed by atoms with Gasteiger partial charge in [0, 0.05) is 37.8 Å². The van der Waals surface area contributed by atoms with E-state index in [0.717, 1.165) is 11.9 Å². The smallest absolute Gasteiger partial charge is 0.339 e. The molecule has 0 radical (unpaired) electrons. The van der Waals surface area contributed by atoms with Crippen molar-refractivity contribution >= 4 is 33.2 Å². The highest BCUT2D eigenvalue weighted by Crippen LogP contribution is 2.29. The first-order chi connectivity index (χ1) is 15.4. The number of esters is 1. The molecule has 1 aromatic carbocycles. The fourth-order valence-electron chi connectivity index (χ4n) is 4.10. The monoisotopic (exact) mass is 474 g/mol. The molecule has 0 N–H and O–H groups in total. The van der Waals surface area contributed by atoms with Crippen LogP contribution in [0.25, 0.3) is 0 Å². The standard InChI is InChI=1S/C23H30N4O5S/c1-14(2)20-13-26(9-10-27(20)23-24-12-19(16(4)28)15(3)25-23)17-7-8-18(22(29)32-5)21(11-17)33(6,30)31/h7-8,11-12,14,20H,9-10,13H2,1-6H3/t20-/m0/s1. The molecule has 1 aromatic heterocycles. The third-order valence-corrected chi connectivity index (χ3v) is 7.06. The number of aryl methyl sites for hydroxylation is 1. The predicted molar refractivity (Wildman–Crippen MR) is 126 cm³/mol. The third-order valence-electron chi connectivity index (χ3n) is 5.93. The van der Waals surface area contributed by atoms with Crippen molar-refractivity contribution in [1.82, 2.24) is 9.97 Å². The number of sulfone groups is 1. The highest BCUT2D eigenvalue weighted by molar-refractivity contribution is 7.90. The van der Waals surface area contributed by atoms with Crippen molar-refractivity contribution in [3.63, 3.8) is 0 Å². The number of ketones is 1. The molecule has 1 saturated heterocycles. The van der Waals surface area contributed by atoms with Crippen LogP contribution < -0.4 is 9.80 Å². The average Bonchev–Trinajstić information content (AvgIpc) is 2.76. The van der Waals surface area contributed by atoms with E-state index >= 15 is 0 Å². The molecule has 0 bridgehead atoms. The second kappa shape index (κ2) is 9.46. The first-order valence-corrected chi connectivity index (χ1v) is 12.6. The Morgan fingerprint density at radius 1 is 1.18 bits per heavy atom. The van der Waals surface area contributed by atoms with Crippen LogP contribution >= 0.6 is 0 Å². The SMILES string of the molecule is COC(=O)c1ccc(N2CCN(c3ncc(C(C)=O)c(C)n3)[C@H](C(C)C)C2)cc1S(C)(=O)=O. The van der Waals surface area contributed by atoms with E-state index in [1.807, 2.05) is 0 Å². The number of ether oxygens (including phenoxy) is 1. The zero-order valence-corrected chi connectivity index (χ0v) is 20.6. The number of hydrogen-bond acceptors (Lipinski definition) is 9. The second-order valence-electron chi connectivity index (χ2n) is 8.62. The summed E-state index contributed by atoms with van der Waals surface area (Å²) in [7, 11) is -2.41. The lowest BCUT2D eigenvalue weighted by molar-refractivity contribution is 0.0596. The van der Waals surface area contributed by atoms with Crippen LogP contribution in [-0.2, 0) is 14.6 Å². The van der Waals surface area contributed by atoms with Crippen molar-refractivity contribution in [3.8, 4) is 0 Å². The van der Waals surface area contributed by atoms with Crippen molar-refractivity contribution in [2.75, 3.05) is 42.8 Å². The Morgan fingerprint density at radius 2 is 1.88 bits per heavy atom. The Hall–Kier alpha value is -3.01. The number of carbonyl (C=O) groups is 2. The zero-order chi connectivity index (χ0) is 24.5. The van der Waals surface area contributed by atoms with Crippen LogP contribution in [0.3, 0.4) is 0 Å². The van der Waals surface area contributed by atoms with Gasteiger partial charge in [-0.05, 0) is 38.0 Å². The Bertz CT molecular complexity index is 1180. The fraction of sp³-hybridized carbons (Fsp3) is 0.478. The van der Waals surface area contributed by atoms with Crippen LogP contribution in [0.5, 0.6) is 0 Å². The number of rotatable bonds is 6. The minimum atomic E-state index is -3.63. The van der Waals surface area contributed by atoms with Gasteiger partial charge in [-0.25, -0.2) is 23.2 Å². The molecule has 0 aliphatic carbocycles. The lowest BCUT2D eigenvalue weighted by atomic mass is 9.99. The van der Waals surface area contributed by atoms with Gasteiger partial charge in [-0.2, -0.15) is 0 Å². The summed E-state index contributed by atoms with van der Waals surface area (Å²) in [5, 5.41) is 0. The Kier molecular flexibility index (Phi) is 7.06. The van der Waals surface area contributed by atoms with E-state index in [0.29, 0.717) is 36.8 Å². The van der Waals surface area contributed by atoms with E-state index < -0.39 is 15.8 Å². The third kappa shape index (κ3) is 5.16. The van der Waals surface area contributed by atoms with E-state index in [-0.39, 0.29) is 28.2 Å². The molecule has 1 fully saturated rings. The van der Waals surface area contributed by atoms with Gasteiger partial charge in [0.2, 0.25) is 5.95 Å². The summed E-state index contributed by atoms with van der Waals surface area (Å²) < 4.78 is 29.4. The predicted octanol–water partition coefficient (Wildman–Crippen LogP) is 2.53. The summed E-state index contributed by atoms with van der Waals surface area (Å²) in [4.78, 5) is 37.0. The van der Waals surface area contributed by atoms with Crippen molar-refractivity contribution < 1.29 is 22.7 Å². The second-order valence-corrected chi connectivity index (χ2v) is 10.6. The number of Topliss-reactive ketones (excluding diaryl/α,β-unsaturated/α-hetero) is 1. The van der Waals surface area contributed by atoms with Gasteiger partial charge < -0.3 is 14.5 Å². The number of anilines is 2. The minimum absolute atomic E-state index is 0.0252. The van der Waals surface area contributed by atoms with Crippen molar-refractivity contribution in [3.05, 3.63) is 41.2 Å². The average molecular weight is 475 g/mol. The summed E-state index contributed by atoms with van der Waals surface area (Å²) in [6.07, 6.45) is 2.66. The number of aromatic nitrogens is 2. The summed E-state index contributed by atoms with van der Waals surface area (Å²) in [6, 6.07) is 4.84. The molecule has 2 aromatic rings. The van der Waals surface area contributed by atoms with Gasteiger partial charge in [-0.1, -0.05) is 13.8 Å². The van der Waals surface area contributed by atoms with Crippen LogP contribution in [-0.4, -0.2) is 69.2 Å². The van der Waals surface area contributed by atoms with Gasteiger partial charge in [0.05, 0.1) is 34.9 Å². The van der Waals surface area contributed by atoms with Gasteiger partial charge in [-0.3, -0.25) is 4.79 Å². The van der Waals surface area contributed by atoms with Crippen LogP contribution in [0.2, 0.25) is 0 Å². The molecule has 9 nitrogen and oxygen atoms in total. The van der Waals surface area contributed by atoms with Gasteiger partial charge in [-0.15, -0.1) is 0 Å². The molecule has 0 amide bonds. The Balaban J connectivity index is 1.93. The normalized spacial score (nSPS) is 16.8. The summed E-state index contributed by atoms with van der Waals surface area (Å²) in [5.74, 6) is 0.0800. The molecule has 3 rings (SSSR count). The molecular weight excluding hydrogens is 444 g/mol. The van der Waals surface area contributed by atoms with Crippen LogP contribution in [0, 0.1) is 12.8 Å². The van der Waals surface area contributed by atoms with E-state index in [1.165, 1.54) is 26.2 Å². The van der Waals surface area contributed by atoms with Crippen LogP contribution in [0.15, 0.2) is 29.3 Å². The largest absolute Gasteiger partial charge is 0.465 e. The summed E-state index contributed by atoms with van der Waals surface area (Å²) in [5.41, 5.74) is 1.90. The summed E-state index contributed by atoms with van der Waals surface area (Å²) in [6.45, 7) is 9.38. The Morgan fingerprint density at radius 3 is 2.42 bits per heavy atom. The first-order valence-electron chi connectivity index (χ1n) is 10.7. The molecule has 10 heteroatoms. The van der Waals surface area contributed by atoms with Gasteiger partial charge in [0.25, 0.3) is 0 Å². The minimum Gasteiger partial charge on any atom is -0.465 e. The molecule has 0 saturated carbocycles. The molecule has 33 heavy (non-hydrogen) atoms. The van der Waals surface area contributed by atoms with Gasteiger partial charge in [0.1, 0.15) is 0 Å². The molecule has 1 aliphatic heterocycles. The molecule has 0 unspecified atom stereocenters. The first kappa shape index (κ1) is 24.6. The van der Waals surface area contributed by atoms with E-state index in [1.54, 1.807) is 19.2 Å². The Labute approximate surface area is 194 Å². The number of piperazine rings is 1. The highest BCUT2D eigenvalue weighted by atomic mass is 32.2. The fourth-order valence-corrected chi connectivity index (χ4v) is 4.98. The van der Waals surface area contributed by atoms with E-state index in [9.17, 15) is 18.0 Å². The zero-order valence-electron chi connectivity index (χ0n) is 19.8. The quantitative estimate of drug-likeness (QED) is 0.461. The maximum absolute atomic E-state index is 12.4. The number of nitrogens with zero attached hydrogens (tertiary/aromatic N) is 4. The lowest BCUT2D eigenvalue weighted by Crippen LogP contribution is -2.56. The topological polar surface area (TPSA) is 110 Å². The molecule has 0 spiro atoms. The summed E-state index contributed by atoms with van der Waals surface area (Å²) >= 11 is 0. The van der Waals surface area contributed by atoms with Crippen LogP contribution in [0.1, 0.15) is 47.2 Å². The van der Waals surface area contributed by atoms with Crippen LogP contribution in [0.4, 0.5) is 11.6 Å². The molecular formula is C23H30N4O5S. The molecule has 178 valence electrons. The number of carbonyl (C=O) groups excluding carboxylic acids is 2. The van der Waals surface area contributed by atoms with Gasteiger partial charge >= 0.3 is 5.97 Å². The number of hydrogen-bond donors (Lipinski definition) is 0. The molecule has 1 aliphatic rings. The number of benzene rings is 1. The van der Waals surface area contributed by atoms with Crippen molar-refractivity contribution in [2.24, 2.45) is 5.92 Å². The van der Waals surface area contributed by atoms with Crippen molar-refractivity contribution in [2.45, 2.75) is 38.6 Å². The highest BCUT2D eigenvalue weighted by Gasteiger charge is 2.32. The lowest BCUT2D eigenvalue weighted by Gasteiger charge is -2.44.